The van der Waals surface area contributed by atoms with E-state index in [0.717, 1.165) is 0 Å². The van der Waals surface area contributed by atoms with Crippen LogP contribution >= 0.6 is 0 Å². The van der Waals surface area contributed by atoms with Crippen molar-refractivity contribution in [3.8, 4) is 0 Å². The molecule has 110 valence electrons. The molecule has 0 aliphatic carbocycles. The number of carbonyl (C=O) groups excluding carboxylic acids is 2. The fraction of sp³-hybridized carbons (Fsp3) is 0.833. The van der Waals surface area contributed by atoms with Crippen LogP contribution in [0, 0.1) is 5.92 Å². The van der Waals surface area contributed by atoms with Gasteiger partial charge in [0.1, 0.15) is 6.42 Å². The van der Waals surface area contributed by atoms with E-state index in [1.165, 1.54) is 4.90 Å². The Kier molecular flexibility index (Phi) is 5.78. The van der Waals surface area contributed by atoms with Crippen LogP contribution in [-0.2, 0) is 14.3 Å². The highest BCUT2D eigenvalue weighted by atomic mass is 19.4. The van der Waals surface area contributed by atoms with Gasteiger partial charge in [-0.1, -0.05) is 0 Å². The molecule has 0 spiro atoms. The molecule has 0 aromatic carbocycles. The number of hydrogen-bond donors (Lipinski definition) is 0. The number of ether oxygens (including phenoxy) is 1. The zero-order valence-corrected chi connectivity index (χ0v) is 10.8. The lowest BCUT2D eigenvalue weighted by atomic mass is 9.97. The third-order valence-electron chi connectivity index (χ3n) is 3.02. The third kappa shape index (κ3) is 5.59. The fourth-order valence-corrected chi connectivity index (χ4v) is 2.14. The Hall–Kier alpha value is -1.11. The lowest BCUT2D eigenvalue weighted by molar-refractivity contribution is -0.187. The topological polar surface area (TPSA) is 46.6 Å². The van der Waals surface area contributed by atoms with E-state index in [1.54, 1.807) is 6.92 Å². The third-order valence-corrected chi connectivity index (χ3v) is 3.02. The summed E-state index contributed by atoms with van der Waals surface area (Å²) in [5, 5.41) is 0. The van der Waals surface area contributed by atoms with E-state index in [9.17, 15) is 22.8 Å². The number of carbonyl (C=O) groups is 2. The van der Waals surface area contributed by atoms with Crippen molar-refractivity contribution in [1.29, 1.82) is 0 Å². The van der Waals surface area contributed by atoms with Gasteiger partial charge in [-0.05, 0) is 26.3 Å². The monoisotopic (exact) mass is 281 g/mol. The lowest BCUT2D eigenvalue weighted by Crippen LogP contribution is -2.43. The SMILES string of the molecule is CCOC(=O)CC(=O)CN1CCCC(C(F)(F)F)C1. The molecule has 7 heteroatoms. The molecule has 1 fully saturated rings. The van der Waals surface area contributed by atoms with Gasteiger partial charge >= 0.3 is 12.1 Å². The maximum absolute atomic E-state index is 12.6. The van der Waals surface area contributed by atoms with Gasteiger partial charge in [-0.3, -0.25) is 14.5 Å². The van der Waals surface area contributed by atoms with Crippen molar-refractivity contribution in [3.05, 3.63) is 0 Å². The number of nitrogens with zero attached hydrogens (tertiary/aromatic N) is 1. The van der Waals surface area contributed by atoms with Crippen LogP contribution in [0.3, 0.4) is 0 Å². The maximum Gasteiger partial charge on any atom is 0.393 e. The molecule has 0 aromatic heterocycles. The molecule has 1 unspecified atom stereocenters. The molecule has 1 aliphatic heterocycles. The molecule has 0 bridgehead atoms. The summed E-state index contributed by atoms with van der Waals surface area (Å²) in [5.41, 5.74) is 0. The summed E-state index contributed by atoms with van der Waals surface area (Å²) in [4.78, 5) is 24.1. The van der Waals surface area contributed by atoms with Crippen molar-refractivity contribution in [2.45, 2.75) is 32.4 Å². The number of esters is 1. The van der Waals surface area contributed by atoms with Crippen molar-refractivity contribution >= 4 is 11.8 Å². The zero-order chi connectivity index (χ0) is 14.5. The summed E-state index contributed by atoms with van der Waals surface area (Å²) >= 11 is 0. The van der Waals surface area contributed by atoms with Crippen LogP contribution in [0.25, 0.3) is 0 Å². The maximum atomic E-state index is 12.6. The summed E-state index contributed by atoms with van der Waals surface area (Å²) < 4.78 is 42.3. The number of halogens is 3. The van der Waals surface area contributed by atoms with Crippen LogP contribution in [-0.4, -0.2) is 49.1 Å². The molecule has 0 radical (unpaired) electrons. The Bertz CT molecular complexity index is 331. The number of alkyl halides is 3. The van der Waals surface area contributed by atoms with Gasteiger partial charge in [-0.15, -0.1) is 0 Å². The smallest absolute Gasteiger partial charge is 0.393 e. The van der Waals surface area contributed by atoms with E-state index >= 15 is 0 Å². The van der Waals surface area contributed by atoms with Gasteiger partial charge in [0.25, 0.3) is 0 Å². The molecule has 1 heterocycles. The van der Waals surface area contributed by atoms with Gasteiger partial charge in [-0.25, -0.2) is 0 Å². The summed E-state index contributed by atoms with van der Waals surface area (Å²) in [7, 11) is 0. The zero-order valence-electron chi connectivity index (χ0n) is 10.8. The number of hydrogen-bond acceptors (Lipinski definition) is 4. The molecule has 0 amide bonds. The molecule has 0 N–H and O–H groups in total. The highest BCUT2D eigenvalue weighted by molar-refractivity contribution is 5.96. The van der Waals surface area contributed by atoms with E-state index in [-0.39, 0.29) is 32.5 Å². The number of ketones is 1. The first-order valence-corrected chi connectivity index (χ1v) is 6.29. The lowest BCUT2D eigenvalue weighted by Gasteiger charge is -2.33. The van der Waals surface area contributed by atoms with Crippen molar-refractivity contribution in [2.24, 2.45) is 5.92 Å². The quantitative estimate of drug-likeness (QED) is 0.569. The van der Waals surface area contributed by atoms with Crippen LogP contribution in [0.4, 0.5) is 13.2 Å². The van der Waals surface area contributed by atoms with Crippen LogP contribution in [0.1, 0.15) is 26.2 Å². The highest BCUT2D eigenvalue weighted by Gasteiger charge is 2.41. The van der Waals surface area contributed by atoms with Crippen LogP contribution < -0.4 is 0 Å². The number of Topliss-reactive ketones (excluding diaryl/α,β-unsaturated/α-hetero) is 1. The van der Waals surface area contributed by atoms with E-state index in [0.29, 0.717) is 13.0 Å². The van der Waals surface area contributed by atoms with Crippen molar-refractivity contribution in [1.82, 2.24) is 4.90 Å². The van der Waals surface area contributed by atoms with E-state index in [1.807, 2.05) is 0 Å². The second-order valence-corrected chi connectivity index (χ2v) is 4.64. The minimum Gasteiger partial charge on any atom is -0.466 e. The van der Waals surface area contributed by atoms with E-state index in [4.69, 9.17) is 0 Å². The predicted octanol–water partition coefficient (Wildman–Crippen LogP) is 1.78. The first kappa shape index (κ1) is 15.9. The Balaban J connectivity index is 2.40. The first-order valence-electron chi connectivity index (χ1n) is 6.29. The normalized spacial score (nSPS) is 21.2. The molecule has 1 rings (SSSR count). The number of rotatable bonds is 5. The number of piperidine rings is 1. The second kappa shape index (κ2) is 6.88. The minimum atomic E-state index is -4.22. The van der Waals surface area contributed by atoms with E-state index in [2.05, 4.69) is 4.74 Å². The highest BCUT2D eigenvalue weighted by Crippen LogP contribution is 2.32. The molecule has 4 nitrogen and oxygen atoms in total. The molecular formula is C12H18F3NO3. The van der Waals surface area contributed by atoms with E-state index < -0.39 is 23.8 Å². The van der Waals surface area contributed by atoms with Gasteiger partial charge in [0.15, 0.2) is 5.78 Å². The Morgan fingerprint density at radius 2 is 2.05 bits per heavy atom. The summed E-state index contributed by atoms with van der Waals surface area (Å²) in [6.45, 7) is 1.98. The van der Waals surface area contributed by atoms with Gasteiger partial charge in [-0.2, -0.15) is 13.2 Å². The molecule has 19 heavy (non-hydrogen) atoms. The van der Waals surface area contributed by atoms with Gasteiger partial charge in [0, 0.05) is 6.54 Å². The fourth-order valence-electron chi connectivity index (χ4n) is 2.14. The van der Waals surface area contributed by atoms with Crippen molar-refractivity contribution in [2.75, 3.05) is 26.2 Å². The Morgan fingerprint density at radius 3 is 2.63 bits per heavy atom. The standard InChI is InChI=1S/C12H18F3NO3/c1-2-19-11(18)6-10(17)8-16-5-3-4-9(7-16)12(13,14)15/h9H,2-8H2,1H3. The van der Waals surface area contributed by atoms with Crippen LogP contribution in [0.2, 0.25) is 0 Å². The van der Waals surface area contributed by atoms with Gasteiger partial charge < -0.3 is 4.74 Å². The average Bonchev–Trinajstić information content (AvgIpc) is 2.28. The summed E-state index contributed by atoms with van der Waals surface area (Å²) in [5.74, 6) is -2.41. The first-order chi connectivity index (χ1) is 8.82. The van der Waals surface area contributed by atoms with Crippen molar-refractivity contribution in [3.63, 3.8) is 0 Å². The largest absolute Gasteiger partial charge is 0.466 e. The molecule has 1 atom stereocenters. The van der Waals surface area contributed by atoms with Gasteiger partial charge in [0.2, 0.25) is 0 Å². The second-order valence-electron chi connectivity index (χ2n) is 4.64. The van der Waals surface area contributed by atoms with Crippen LogP contribution in [0.15, 0.2) is 0 Å². The van der Waals surface area contributed by atoms with Gasteiger partial charge in [0.05, 0.1) is 19.1 Å². The summed E-state index contributed by atoms with van der Waals surface area (Å²) in [6.07, 6.45) is -4.08. The molecule has 0 saturated carbocycles. The Morgan fingerprint density at radius 1 is 1.37 bits per heavy atom. The average molecular weight is 281 g/mol. The minimum absolute atomic E-state index is 0.103. The number of likely N-dealkylation sites (tertiary alicyclic amines) is 1. The predicted molar refractivity (Wildman–Crippen MR) is 61.5 cm³/mol. The van der Waals surface area contributed by atoms with Crippen LogP contribution in [0.5, 0.6) is 0 Å². The molecular weight excluding hydrogens is 263 g/mol. The molecule has 1 aliphatic rings. The Labute approximate surface area is 109 Å². The molecule has 0 aromatic rings. The van der Waals surface area contributed by atoms with Crippen molar-refractivity contribution < 1.29 is 27.5 Å². The summed E-state index contributed by atoms with van der Waals surface area (Å²) in [6, 6.07) is 0. The molecule has 1 saturated heterocycles.